The number of nitrogens with one attached hydrogen (secondary N) is 1. The molecule has 0 aliphatic carbocycles. The first-order valence-electron chi connectivity index (χ1n) is 7.70. The number of esters is 1. The summed E-state index contributed by atoms with van der Waals surface area (Å²) < 4.78 is 5.08. The van der Waals surface area contributed by atoms with E-state index in [2.05, 4.69) is 5.32 Å². The van der Waals surface area contributed by atoms with Crippen molar-refractivity contribution in [1.82, 2.24) is 0 Å². The first-order valence-corrected chi connectivity index (χ1v) is 7.70. The van der Waals surface area contributed by atoms with Gasteiger partial charge in [0.05, 0.1) is 12.2 Å². The zero-order valence-corrected chi connectivity index (χ0v) is 13.5. The van der Waals surface area contributed by atoms with Gasteiger partial charge in [-0.15, -0.1) is 0 Å². The van der Waals surface area contributed by atoms with Crippen molar-refractivity contribution < 1.29 is 14.3 Å². The summed E-state index contributed by atoms with van der Waals surface area (Å²) in [4.78, 5) is 23.8. The van der Waals surface area contributed by atoms with E-state index in [-0.39, 0.29) is 5.91 Å². The molecular weight excluding hydrogens is 304 g/mol. The highest BCUT2D eigenvalue weighted by Gasteiger charge is 2.08. The van der Waals surface area contributed by atoms with Gasteiger partial charge in [-0.3, -0.25) is 4.79 Å². The Balaban J connectivity index is 1.98. The second kappa shape index (κ2) is 8.53. The molecule has 1 amide bonds. The summed E-state index contributed by atoms with van der Waals surface area (Å²) in [6, 6.07) is 13.8. The number of nitrogen functional groups attached to an aromatic ring is 1. The van der Waals surface area contributed by atoms with E-state index in [0.29, 0.717) is 23.5 Å². The molecule has 0 unspecified atom stereocenters. The van der Waals surface area contributed by atoms with Crippen molar-refractivity contribution in [3.05, 3.63) is 65.7 Å². The first kappa shape index (κ1) is 17.3. The predicted molar refractivity (Wildman–Crippen MR) is 95.5 cm³/mol. The van der Waals surface area contributed by atoms with Crippen molar-refractivity contribution in [1.29, 1.82) is 0 Å². The van der Waals surface area contributed by atoms with Crippen LogP contribution >= 0.6 is 0 Å². The van der Waals surface area contributed by atoms with Gasteiger partial charge in [-0.05, 0) is 48.4 Å². The van der Waals surface area contributed by atoms with E-state index in [4.69, 9.17) is 10.5 Å². The maximum Gasteiger partial charge on any atom is 0.338 e. The highest BCUT2D eigenvalue weighted by Crippen LogP contribution is 2.12. The van der Waals surface area contributed by atoms with E-state index in [9.17, 15) is 9.59 Å². The topological polar surface area (TPSA) is 81.4 Å². The van der Waals surface area contributed by atoms with Crippen LogP contribution in [0.15, 0.2) is 54.6 Å². The van der Waals surface area contributed by atoms with E-state index in [1.807, 2.05) is 19.1 Å². The minimum absolute atomic E-state index is 0.286. The molecule has 5 nitrogen and oxygen atoms in total. The van der Waals surface area contributed by atoms with E-state index in [1.54, 1.807) is 42.5 Å². The first-order chi connectivity index (χ1) is 11.6. The summed E-state index contributed by atoms with van der Waals surface area (Å²) in [5.74, 6) is -0.684. The number of ether oxygens (including phenoxy) is 1. The summed E-state index contributed by atoms with van der Waals surface area (Å²) in [6.07, 6.45) is 3.87. The average Bonchev–Trinajstić information content (AvgIpc) is 2.59. The Kier molecular flexibility index (Phi) is 6.14. The zero-order valence-electron chi connectivity index (χ0n) is 13.5. The predicted octanol–water partition coefficient (Wildman–Crippen LogP) is 3.49. The lowest BCUT2D eigenvalue weighted by Crippen LogP contribution is -2.10. The van der Waals surface area contributed by atoms with Gasteiger partial charge < -0.3 is 15.8 Å². The molecule has 0 bridgehead atoms. The molecule has 24 heavy (non-hydrogen) atoms. The van der Waals surface area contributed by atoms with Crippen molar-refractivity contribution in [2.24, 2.45) is 0 Å². The third kappa shape index (κ3) is 5.28. The van der Waals surface area contributed by atoms with E-state index in [0.717, 1.165) is 12.0 Å². The van der Waals surface area contributed by atoms with Crippen molar-refractivity contribution in [2.45, 2.75) is 13.3 Å². The molecule has 0 radical (unpaired) electrons. The summed E-state index contributed by atoms with van der Waals surface area (Å²) in [6.45, 7) is 2.30. The van der Waals surface area contributed by atoms with E-state index < -0.39 is 5.97 Å². The molecule has 3 N–H and O–H groups in total. The Bertz CT molecular complexity index is 737. The standard InChI is InChI=1S/C19H20N2O3/c1-2-12-24-19(23)15-4-3-5-17(13-15)21-18(22)11-8-14-6-9-16(20)10-7-14/h3-11,13H,2,12,20H2,1H3,(H,21,22)/b11-8+. The van der Waals surface area contributed by atoms with Crippen LogP contribution in [0.2, 0.25) is 0 Å². The third-order valence-corrected chi connectivity index (χ3v) is 3.17. The van der Waals surface area contributed by atoms with Crippen LogP contribution in [0.1, 0.15) is 29.3 Å². The van der Waals surface area contributed by atoms with Crippen LogP contribution in [-0.4, -0.2) is 18.5 Å². The van der Waals surface area contributed by atoms with Crippen molar-refractivity contribution >= 4 is 29.3 Å². The molecule has 2 rings (SSSR count). The van der Waals surface area contributed by atoms with E-state index >= 15 is 0 Å². The highest BCUT2D eigenvalue weighted by molar-refractivity contribution is 6.02. The fourth-order valence-corrected chi connectivity index (χ4v) is 1.96. The summed E-state index contributed by atoms with van der Waals surface area (Å²) >= 11 is 0. The van der Waals surface area contributed by atoms with Crippen LogP contribution < -0.4 is 11.1 Å². The van der Waals surface area contributed by atoms with Crippen LogP contribution in [0, 0.1) is 0 Å². The maximum absolute atomic E-state index is 12.0. The SMILES string of the molecule is CCCOC(=O)c1cccc(NC(=O)/C=C/c2ccc(N)cc2)c1. The van der Waals surface area contributed by atoms with Crippen molar-refractivity contribution in [2.75, 3.05) is 17.7 Å². The number of anilines is 2. The van der Waals surface area contributed by atoms with Gasteiger partial charge in [0.1, 0.15) is 0 Å². The number of hydrogen-bond acceptors (Lipinski definition) is 4. The van der Waals surface area contributed by atoms with Gasteiger partial charge in [-0.2, -0.15) is 0 Å². The van der Waals surface area contributed by atoms with E-state index in [1.165, 1.54) is 6.08 Å². The molecule has 0 atom stereocenters. The zero-order chi connectivity index (χ0) is 17.4. The molecule has 0 aromatic heterocycles. The fraction of sp³-hybridized carbons (Fsp3) is 0.158. The van der Waals surface area contributed by atoms with Gasteiger partial charge in [0.2, 0.25) is 5.91 Å². The van der Waals surface area contributed by atoms with Crippen LogP contribution in [0.25, 0.3) is 6.08 Å². The normalized spacial score (nSPS) is 10.5. The number of benzene rings is 2. The van der Waals surface area contributed by atoms with Crippen LogP contribution in [-0.2, 0) is 9.53 Å². The Morgan fingerprint density at radius 1 is 1.17 bits per heavy atom. The lowest BCUT2D eigenvalue weighted by atomic mass is 10.2. The van der Waals surface area contributed by atoms with Gasteiger partial charge >= 0.3 is 5.97 Å². The summed E-state index contributed by atoms with van der Waals surface area (Å²) in [5, 5.41) is 2.72. The maximum atomic E-state index is 12.0. The Morgan fingerprint density at radius 2 is 1.92 bits per heavy atom. The number of carbonyl (C=O) groups excluding carboxylic acids is 2. The summed E-state index contributed by atoms with van der Waals surface area (Å²) in [5.41, 5.74) is 8.10. The Labute approximate surface area is 141 Å². The smallest absolute Gasteiger partial charge is 0.338 e. The number of nitrogens with two attached hydrogens (primary N) is 1. The van der Waals surface area contributed by atoms with Gasteiger partial charge in [0.15, 0.2) is 0 Å². The van der Waals surface area contributed by atoms with Crippen molar-refractivity contribution in [3.8, 4) is 0 Å². The molecule has 5 heteroatoms. The lowest BCUT2D eigenvalue weighted by molar-refractivity contribution is -0.111. The Morgan fingerprint density at radius 3 is 2.62 bits per heavy atom. The molecule has 2 aromatic rings. The van der Waals surface area contributed by atoms with Gasteiger partial charge in [0, 0.05) is 17.5 Å². The highest BCUT2D eigenvalue weighted by atomic mass is 16.5. The summed E-state index contributed by atoms with van der Waals surface area (Å²) in [7, 11) is 0. The molecular formula is C19H20N2O3. The number of carbonyl (C=O) groups is 2. The lowest BCUT2D eigenvalue weighted by Gasteiger charge is -2.06. The molecule has 0 aliphatic rings. The molecule has 0 heterocycles. The number of rotatable bonds is 6. The fourth-order valence-electron chi connectivity index (χ4n) is 1.96. The minimum atomic E-state index is -0.398. The number of amides is 1. The second-order valence-corrected chi connectivity index (χ2v) is 5.21. The average molecular weight is 324 g/mol. The second-order valence-electron chi connectivity index (χ2n) is 5.21. The van der Waals surface area contributed by atoms with Crippen LogP contribution in [0.3, 0.4) is 0 Å². The molecule has 0 fully saturated rings. The molecule has 0 aliphatic heterocycles. The van der Waals surface area contributed by atoms with Crippen LogP contribution in [0.5, 0.6) is 0 Å². The number of hydrogen-bond donors (Lipinski definition) is 2. The van der Waals surface area contributed by atoms with Gasteiger partial charge in [-0.25, -0.2) is 4.79 Å². The van der Waals surface area contributed by atoms with Gasteiger partial charge in [0.25, 0.3) is 0 Å². The largest absolute Gasteiger partial charge is 0.462 e. The third-order valence-electron chi connectivity index (χ3n) is 3.17. The Hall–Kier alpha value is -3.08. The molecule has 2 aromatic carbocycles. The molecule has 0 saturated heterocycles. The molecule has 0 saturated carbocycles. The van der Waals surface area contributed by atoms with Gasteiger partial charge in [-0.1, -0.05) is 25.1 Å². The quantitative estimate of drug-likeness (QED) is 0.484. The van der Waals surface area contributed by atoms with Crippen LogP contribution in [0.4, 0.5) is 11.4 Å². The molecule has 124 valence electrons. The molecule has 0 spiro atoms. The monoisotopic (exact) mass is 324 g/mol. The van der Waals surface area contributed by atoms with Crippen molar-refractivity contribution in [3.63, 3.8) is 0 Å². The minimum Gasteiger partial charge on any atom is -0.462 e.